The number of para-hydroxylation sites is 1. The molecule has 1 unspecified atom stereocenters. The Morgan fingerprint density at radius 2 is 2.00 bits per heavy atom. The summed E-state index contributed by atoms with van der Waals surface area (Å²) in [6, 6.07) is 10.8. The summed E-state index contributed by atoms with van der Waals surface area (Å²) in [7, 11) is 0. The molecule has 1 N–H and O–H groups in total. The van der Waals surface area contributed by atoms with Gasteiger partial charge in [-0.15, -0.1) is 0 Å². The van der Waals surface area contributed by atoms with Crippen molar-refractivity contribution in [3.8, 4) is 0 Å². The van der Waals surface area contributed by atoms with E-state index < -0.39 is 23.3 Å². The van der Waals surface area contributed by atoms with Crippen LogP contribution in [0.25, 0.3) is 10.9 Å². The minimum absolute atomic E-state index is 0.0132. The van der Waals surface area contributed by atoms with Crippen LogP contribution in [0.5, 0.6) is 0 Å². The standard InChI is InChI=1S/C22H22F3N3O2/c1-3-10-28(25)22(26-30)18-13-27(20-7-5-4-6-17(20)21(18)29)12-16-9-8-15(14(2)23)11-19(16)24/h4-9,11,13-14,30H,3,10,12H2,1-2H3/b26-22-. The fourth-order valence-corrected chi connectivity index (χ4v) is 3.29. The molecule has 1 aromatic heterocycles. The summed E-state index contributed by atoms with van der Waals surface area (Å²) in [6.45, 7) is 3.01. The number of nitrogens with zero attached hydrogens (tertiary/aromatic N) is 3. The Kier molecular flexibility index (Phi) is 6.44. The third kappa shape index (κ3) is 4.17. The van der Waals surface area contributed by atoms with Crippen LogP contribution in [0.4, 0.5) is 13.3 Å². The molecule has 0 aliphatic carbocycles. The quantitative estimate of drug-likeness (QED) is 0.203. The number of fused-ring (bicyclic) bond motifs is 1. The number of halogens is 3. The van der Waals surface area contributed by atoms with Crippen molar-refractivity contribution in [2.75, 3.05) is 6.54 Å². The molecule has 2 aromatic carbocycles. The Morgan fingerprint density at radius 3 is 2.63 bits per heavy atom. The van der Waals surface area contributed by atoms with Crippen molar-refractivity contribution >= 4 is 16.7 Å². The van der Waals surface area contributed by atoms with Gasteiger partial charge in [-0.3, -0.25) is 4.79 Å². The number of amidine groups is 1. The van der Waals surface area contributed by atoms with Crippen molar-refractivity contribution in [2.24, 2.45) is 5.16 Å². The van der Waals surface area contributed by atoms with E-state index >= 15 is 0 Å². The Bertz CT molecular complexity index is 1140. The second-order valence-electron chi connectivity index (χ2n) is 6.99. The Morgan fingerprint density at radius 1 is 1.27 bits per heavy atom. The van der Waals surface area contributed by atoms with E-state index in [1.54, 1.807) is 35.8 Å². The Hall–Kier alpha value is -3.29. The van der Waals surface area contributed by atoms with Crippen LogP contribution < -0.4 is 5.43 Å². The zero-order valence-electron chi connectivity index (χ0n) is 16.6. The van der Waals surface area contributed by atoms with Gasteiger partial charge in [0.05, 0.1) is 24.2 Å². The first-order valence-corrected chi connectivity index (χ1v) is 9.57. The van der Waals surface area contributed by atoms with Gasteiger partial charge in [0.15, 0.2) is 0 Å². The maximum atomic E-state index is 14.6. The molecule has 1 atom stereocenters. The van der Waals surface area contributed by atoms with E-state index in [1.165, 1.54) is 25.3 Å². The average molecular weight is 417 g/mol. The van der Waals surface area contributed by atoms with E-state index in [-0.39, 0.29) is 40.3 Å². The molecule has 0 bridgehead atoms. The maximum absolute atomic E-state index is 14.6. The van der Waals surface area contributed by atoms with Crippen LogP contribution in [-0.2, 0) is 6.54 Å². The Labute approximate surface area is 171 Å². The van der Waals surface area contributed by atoms with Crippen molar-refractivity contribution in [3.63, 3.8) is 0 Å². The number of aromatic nitrogens is 1. The predicted octanol–water partition coefficient (Wildman–Crippen LogP) is 4.95. The summed E-state index contributed by atoms with van der Waals surface area (Å²) in [5.41, 5.74) is 0.347. The number of hydrogen-bond acceptors (Lipinski definition) is 3. The summed E-state index contributed by atoms with van der Waals surface area (Å²) in [6.07, 6.45) is 0.473. The summed E-state index contributed by atoms with van der Waals surface area (Å²) in [5.74, 6) is -1.10. The average Bonchev–Trinajstić information content (AvgIpc) is 2.73. The van der Waals surface area contributed by atoms with E-state index in [9.17, 15) is 23.3 Å². The molecule has 0 radical (unpaired) electrons. The fraction of sp³-hybridized carbons (Fsp3) is 0.273. The van der Waals surface area contributed by atoms with Gasteiger partial charge in [0.25, 0.3) is 0 Å². The van der Waals surface area contributed by atoms with E-state index in [2.05, 4.69) is 5.16 Å². The lowest BCUT2D eigenvalue weighted by Crippen LogP contribution is -2.30. The zero-order valence-corrected chi connectivity index (χ0v) is 16.6. The second kappa shape index (κ2) is 9.02. The highest BCUT2D eigenvalue weighted by molar-refractivity contribution is 6.00. The van der Waals surface area contributed by atoms with Gasteiger partial charge in [-0.25, -0.2) is 8.78 Å². The molecule has 0 saturated heterocycles. The van der Waals surface area contributed by atoms with Gasteiger partial charge in [-0.2, -0.15) is 5.12 Å². The van der Waals surface area contributed by atoms with Crippen LogP contribution >= 0.6 is 0 Å². The van der Waals surface area contributed by atoms with Crippen LogP contribution in [0.15, 0.2) is 58.6 Å². The van der Waals surface area contributed by atoms with Crippen LogP contribution in [0.1, 0.15) is 43.1 Å². The van der Waals surface area contributed by atoms with Gasteiger partial charge in [0, 0.05) is 17.1 Å². The summed E-state index contributed by atoms with van der Waals surface area (Å²) in [5, 5.41) is 12.8. The van der Waals surface area contributed by atoms with Crippen molar-refractivity contribution in [1.82, 2.24) is 9.69 Å². The van der Waals surface area contributed by atoms with Crippen molar-refractivity contribution < 1.29 is 18.5 Å². The van der Waals surface area contributed by atoms with E-state index in [4.69, 9.17) is 0 Å². The predicted molar refractivity (Wildman–Crippen MR) is 110 cm³/mol. The largest absolute Gasteiger partial charge is 0.409 e. The lowest BCUT2D eigenvalue weighted by Gasteiger charge is -2.18. The zero-order chi connectivity index (χ0) is 21.8. The summed E-state index contributed by atoms with van der Waals surface area (Å²) >= 11 is 0. The number of hydrogen-bond donors (Lipinski definition) is 1. The maximum Gasteiger partial charge on any atom is 0.208 e. The topological polar surface area (TPSA) is 57.8 Å². The monoisotopic (exact) mass is 417 g/mol. The summed E-state index contributed by atoms with van der Waals surface area (Å²) in [4.78, 5) is 12.9. The van der Waals surface area contributed by atoms with Crippen molar-refractivity contribution in [1.29, 1.82) is 0 Å². The molecule has 0 spiro atoms. The van der Waals surface area contributed by atoms with Gasteiger partial charge in [0.1, 0.15) is 12.0 Å². The first-order valence-electron chi connectivity index (χ1n) is 9.57. The van der Waals surface area contributed by atoms with Gasteiger partial charge in [-0.1, -0.05) is 40.8 Å². The molecule has 5 nitrogen and oxygen atoms in total. The van der Waals surface area contributed by atoms with Gasteiger partial charge >= 0.3 is 0 Å². The highest BCUT2D eigenvalue weighted by Gasteiger charge is 2.20. The molecule has 158 valence electrons. The molecule has 3 rings (SSSR count). The van der Waals surface area contributed by atoms with Crippen LogP contribution in [-0.4, -0.2) is 27.3 Å². The number of pyridine rings is 1. The number of alkyl halides is 1. The highest BCUT2D eigenvalue weighted by atomic mass is 19.2. The molecular formula is C22H22F3N3O2. The minimum atomic E-state index is -1.30. The van der Waals surface area contributed by atoms with E-state index in [0.29, 0.717) is 11.9 Å². The molecule has 30 heavy (non-hydrogen) atoms. The normalized spacial score (nSPS) is 12.9. The van der Waals surface area contributed by atoms with Gasteiger partial charge in [-0.05, 0) is 37.1 Å². The Balaban J connectivity index is 2.15. The lowest BCUT2D eigenvalue weighted by molar-refractivity contribution is 0.115. The number of benzene rings is 2. The smallest absolute Gasteiger partial charge is 0.208 e. The molecule has 0 fully saturated rings. The first-order chi connectivity index (χ1) is 14.4. The first kappa shape index (κ1) is 21.4. The van der Waals surface area contributed by atoms with E-state index in [1.807, 2.05) is 0 Å². The van der Waals surface area contributed by atoms with Crippen molar-refractivity contribution in [3.05, 3.63) is 81.4 Å². The third-order valence-corrected chi connectivity index (χ3v) is 4.85. The number of rotatable bonds is 6. The molecular weight excluding hydrogens is 395 g/mol. The molecule has 0 saturated carbocycles. The van der Waals surface area contributed by atoms with Crippen LogP contribution in [0.2, 0.25) is 0 Å². The van der Waals surface area contributed by atoms with Gasteiger partial charge < -0.3 is 9.77 Å². The molecule has 0 amide bonds. The molecule has 1 heterocycles. The fourth-order valence-electron chi connectivity index (χ4n) is 3.29. The van der Waals surface area contributed by atoms with Crippen LogP contribution in [0.3, 0.4) is 0 Å². The van der Waals surface area contributed by atoms with Gasteiger partial charge in [0.2, 0.25) is 11.3 Å². The molecule has 0 aliphatic rings. The number of oxime groups is 1. The molecule has 0 aliphatic heterocycles. The minimum Gasteiger partial charge on any atom is -0.409 e. The SMILES string of the molecule is CCCN(F)/C(=N\O)c1cn(Cc2ccc(C(C)F)cc2F)c2ccccc2c1=O. The third-order valence-electron chi connectivity index (χ3n) is 4.85. The summed E-state index contributed by atoms with van der Waals surface area (Å²) < 4.78 is 44.0. The second-order valence-corrected chi connectivity index (χ2v) is 6.99. The van der Waals surface area contributed by atoms with Crippen LogP contribution in [0, 0.1) is 5.82 Å². The van der Waals surface area contributed by atoms with E-state index in [0.717, 1.165) is 6.07 Å². The molecule has 8 heteroatoms. The highest BCUT2D eigenvalue weighted by Crippen LogP contribution is 2.22. The molecule has 3 aromatic rings. The van der Waals surface area contributed by atoms with Crippen molar-refractivity contribution in [2.45, 2.75) is 33.0 Å². The lowest BCUT2D eigenvalue weighted by atomic mass is 10.1.